The first-order valence-electron chi connectivity index (χ1n) is 6.06. The molecule has 0 radical (unpaired) electrons. The highest BCUT2D eigenvalue weighted by atomic mass is 16.5. The van der Waals surface area contributed by atoms with Crippen molar-refractivity contribution in [3.8, 4) is 11.4 Å². The van der Waals surface area contributed by atoms with Gasteiger partial charge in [-0.05, 0) is 12.1 Å². The van der Waals surface area contributed by atoms with E-state index in [1.807, 2.05) is 0 Å². The number of benzene rings is 1. The van der Waals surface area contributed by atoms with Crippen LogP contribution in [0.25, 0.3) is 11.4 Å². The molecule has 0 aliphatic carbocycles. The largest absolute Gasteiger partial charge is 0.478 e. The Morgan fingerprint density at radius 2 is 2.15 bits per heavy atom. The summed E-state index contributed by atoms with van der Waals surface area (Å²) < 4.78 is 10.0. The molecule has 106 valence electrons. The van der Waals surface area contributed by atoms with Gasteiger partial charge in [0.15, 0.2) is 0 Å². The van der Waals surface area contributed by atoms with Crippen LogP contribution in [0.1, 0.15) is 16.2 Å². The van der Waals surface area contributed by atoms with Gasteiger partial charge in [0.1, 0.15) is 0 Å². The summed E-state index contributed by atoms with van der Waals surface area (Å²) in [5, 5.41) is 15.8. The van der Waals surface area contributed by atoms with E-state index in [4.69, 9.17) is 14.4 Å². The van der Waals surface area contributed by atoms with Crippen LogP contribution in [0.4, 0.5) is 0 Å². The third-order valence-corrected chi connectivity index (χ3v) is 2.62. The predicted octanol–water partition coefficient (Wildman–Crippen LogP) is 1.17. The van der Waals surface area contributed by atoms with Gasteiger partial charge < -0.3 is 19.7 Å². The van der Waals surface area contributed by atoms with Crippen molar-refractivity contribution in [3.63, 3.8) is 0 Å². The maximum absolute atomic E-state index is 10.8. The highest BCUT2D eigenvalue weighted by Crippen LogP contribution is 2.16. The van der Waals surface area contributed by atoms with E-state index in [1.165, 1.54) is 12.1 Å². The fraction of sp³-hybridized carbons (Fsp3) is 0.308. The summed E-state index contributed by atoms with van der Waals surface area (Å²) >= 11 is 0. The Balaban J connectivity index is 1.99. The Morgan fingerprint density at radius 1 is 1.40 bits per heavy atom. The van der Waals surface area contributed by atoms with E-state index in [0.717, 1.165) is 0 Å². The Bertz CT molecular complexity index is 565. The molecule has 1 aromatic heterocycles. The van der Waals surface area contributed by atoms with Crippen LogP contribution < -0.4 is 5.32 Å². The average molecular weight is 277 g/mol. The topological polar surface area (TPSA) is 97.5 Å². The van der Waals surface area contributed by atoms with Gasteiger partial charge in [0.25, 0.3) is 0 Å². The molecule has 0 aliphatic rings. The normalized spacial score (nSPS) is 10.7. The molecule has 0 amide bonds. The second-order valence-corrected chi connectivity index (χ2v) is 4.06. The summed E-state index contributed by atoms with van der Waals surface area (Å²) in [6.07, 6.45) is 0. The fourth-order valence-corrected chi connectivity index (χ4v) is 1.58. The van der Waals surface area contributed by atoms with Crippen molar-refractivity contribution in [1.29, 1.82) is 0 Å². The maximum atomic E-state index is 10.8. The lowest BCUT2D eigenvalue weighted by molar-refractivity contribution is 0.0697. The summed E-state index contributed by atoms with van der Waals surface area (Å²) in [6, 6.07) is 6.31. The standard InChI is InChI=1S/C13H15N3O4/c1-19-7-6-14-8-11-15-12(16-20-11)9-2-4-10(5-3-9)13(17)18/h2-5,14H,6-8H2,1H3,(H,17,18). The molecule has 0 atom stereocenters. The molecule has 0 aliphatic heterocycles. The zero-order valence-electron chi connectivity index (χ0n) is 11.0. The molecule has 1 heterocycles. The lowest BCUT2D eigenvalue weighted by Gasteiger charge is -1.98. The van der Waals surface area contributed by atoms with Crippen LogP contribution in [0, 0.1) is 0 Å². The molecule has 7 heteroatoms. The molecule has 0 unspecified atom stereocenters. The Morgan fingerprint density at radius 3 is 2.80 bits per heavy atom. The zero-order chi connectivity index (χ0) is 14.4. The highest BCUT2D eigenvalue weighted by Gasteiger charge is 2.09. The van der Waals surface area contributed by atoms with Crippen molar-refractivity contribution in [2.24, 2.45) is 0 Å². The number of aromatic carboxylic acids is 1. The van der Waals surface area contributed by atoms with Crippen molar-refractivity contribution >= 4 is 5.97 Å². The molecule has 0 bridgehead atoms. The van der Waals surface area contributed by atoms with E-state index >= 15 is 0 Å². The van der Waals surface area contributed by atoms with E-state index in [9.17, 15) is 4.79 Å². The first kappa shape index (κ1) is 14.2. The first-order chi connectivity index (χ1) is 9.70. The highest BCUT2D eigenvalue weighted by molar-refractivity contribution is 5.88. The number of methoxy groups -OCH3 is 1. The molecular formula is C13H15N3O4. The van der Waals surface area contributed by atoms with Crippen LogP contribution in [0.15, 0.2) is 28.8 Å². The molecule has 20 heavy (non-hydrogen) atoms. The monoisotopic (exact) mass is 277 g/mol. The van der Waals surface area contributed by atoms with Gasteiger partial charge in [0.05, 0.1) is 18.7 Å². The van der Waals surface area contributed by atoms with Crippen molar-refractivity contribution < 1.29 is 19.2 Å². The van der Waals surface area contributed by atoms with Gasteiger partial charge in [-0.2, -0.15) is 4.98 Å². The number of aromatic nitrogens is 2. The Labute approximate surface area is 115 Å². The summed E-state index contributed by atoms with van der Waals surface area (Å²) in [6.45, 7) is 1.77. The molecule has 0 spiro atoms. The second kappa shape index (κ2) is 6.78. The van der Waals surface area contributed by atoms with Crippen LogP contribution in [-0.2, 0) is 11.3 Å². The number of hydrogen-bond donors (Lipinski definition) is 2. The molecule has 1 aromatic carbocycles. The van der Waals surface area contributed by atoms with Crippen molar-refractivity contribution in [2.45, 2.75) is 6.54 Å². The summed E-state index contributed by atoms with van der Waals surface area (Å²) in [4.78, 5) is 15.0. The summed E-state index contributed by atoms with van der Waals surface area (Å²) in [7, 11) is 1.63. The summed E-state index contributed by atoms with van der Waals surface area (Å²) in [5.74, 6) is -0.0587. The molecule has 0 saturated carbocycles. The number of hydrogen-bond acceptors (Lipinski definition) is 6. The predicted molar refractivity (Wildman–Crippen MR) is 70.3 cm³/mol. The van der Waals surface area contributed by atoms with Gasteiger partial charge in [-0.1, -0.05) is 17.3 Å². The number of carboxylic acids is 1. The van der Waals surface area contributed by atoms with E-state index in [0.29, 0.717) is 37.0 Å². The second-order valence-electron chi connectivity index (χ2n) is 4.06. The van der Waals surface area contributed by atoms with Gasteiger partial charge in [-0.25, -0.2) is 4.79 Å². The van der Waals surface area contributed by atoms with E-state index < -0.39 is 5.97 Å². The van der Waals surface area contributed by atoms with Gasteiger partial charge >= 0.3 is 5.97 Å². The van der Waals surface area contributed by atoms with Crippen molar-refractivity contribution in [2.75, 3.05) is 20.3 Å². The maximum Gasteiger partial charge on any atom is 0.335 e. The van der Waals surface area contributed by atoms with Crippen molar-refractivity contribution in [3.05, 3.63) is 35.7 Å². The van der Waals surface area contributed by atoms with Gasteiger partial charge in [-0.3, -0.25) is 0 Å². The minimum absolute atomic E-state index is 0.221. The third kappa shape index (κ3) is 3.62. The lowest BCUT2D eigenvalue weighted by atomic mass is 10.1. The van der Waals surface area contributed by atoms with Crippen LogP contribution >= 0.6 is 0 Å². The van der Waals surface area contributed by atoms with Crippen LogP contribution in [0.2, 0.25) is 0 Å². The minimum atomic E-state index is -0.965. The van der Waals surface area contributed by atoms with Crippen LogP contribution in [-0.4, -0.2) is 41.5 Å². The zero-order valence-corrected chi connectivity index (χ0v) is 11.0. The lowest BCUT2D eigenvalue weighted by Crippen LogP contribution is -2.18. The average Bonchev–Trinajstić information content (AvgIpc) is 2.92. The van der Waals surface area contributed by atoms with E-state index in [1.54, 1.807) is 19.2 Å². The van der Waals surface area contributed by atoms with Gasteiger partial charge in [0, 0.05) is 19.2 Å². The molecule has 0 saturated heterocycles. The molecule has 2 rings (SSSR count). The molecule has 7 nitrogen and oxygen atoms in total. The molecule has 2 N–H and O–H groups in total. The minimum Gasteiger partial charge on any atom is -0.478 e. The summed E-state index contributed by atoms with van der Waals surface area (Å²) in [5.41, 5.74) is 0.931. The van der Waals surface area contributed by atoms with Crippen LogP contribution in [0.5, 0.6) is 0 Å². The fourth-order valence-electron chi connectivity index (χ4n) is 1.58. The van der Waals surface area contributed by atoms with E-state index in [-0.39, 0.29) is 5.56 Å². The smallest absolute Gasteiger partial charge is 0.335 e. The van der Waals surface area contributed by atoms with Gasteiger partial charge in [-0.15, -0.1) is 0 Å². The number of nitrogens with one attached hydrogen (secondary N) is 1. The first-order valence-corrected chi connectivity index (χ1v) is 6.06. The number of ether oxygens (including phenoxy) is 1. The van der Waals surface area contributed by atoms with Gasteiger partial charge in [0.2, 0.25) is 11.7 Å². The number of carbonyl (C=O) groups is 1. The SMILES string of the molecule is COCCNCc1nc(-c2ccc(C(=O)O)cc2)no1. The molecule has 2 aromatic rings. The number of rotatable bonds is 7. The Kier molecular flexibility index (Phi) is 4.80. The van der Waals surface area contributed by atoms with Crippen LogP contribution in [0.3, 0.4) is 0 Å². The third-order valence-electron chi connectivity index (χ3n) is 2.62. The van der Waals surface area contributed by atoms with E-state index in [2.05, 4.69) is 15.5 Å². The van der Waals surface area contributed by atoms with Crippen molar-refractivity contribution in [1.82, 2.24) is 15.5 Å². The number of nitrogens with zero attached hydrogens (tertiary/aromatic N) is 2. The number of carboxylic acid groups (broad SMARTS) is 1. The quantitative estimate of drug-likeness (QED) is 0.733. The Hall–Kier alpha value is -2.25. The molecule has 0 fully saturated rings. The molecular weight excluding hydrogens is 262 g/mol.